The highest BCUT2D eigenvalue weighted by Gasteiger charge is 2.61. The van der Waals surface area contributed by atoms with Crippen molar-refractivity contribution in [2.24, 2.45) is 17.8 Å². The lowest BCUT2D eigenvalue weighted by molar-refractivity contribution is -0.196. The molecule has 2 saturated carbocycles. The Hall–Kier alpha value is -2.98. The predicted octanol–water partition coefficient (Wildman–Crippen LogP) is 2.16. The largest absolute Gasteiger partial charge is 0.471 e. The van der Waals surface area contributed by atoms with E-state index in [1.54, 1.807) is 5.32 Å². The van der Waals surface area contributed by atoms with Crippen molar-refractivity contribution in [3.8, 4) is 6.07 Å². The first-order valence-electron chi connectivity index (χ1n) is 13.4. The normalized spacial score (nSPS) is 29.8. The Bertz CT molecular complexity index is 1030. The van der Waals surface area contributed by atoms with Gasteiger partial charge in [-0.2, -0.15) is 18.4 Å². The molecule has 0 aromatic carbocycles. The minimum absolute atomic E-state index is 0.0504. The summed E-state index contributed by atoms with van der Waals surface area (Å²) in [6.45, 7) is 0.489. The first-order chi connectivity index (χ1) is 18.3. The van der Waals surface area contributed by atoms with E-state index in [2.05, 4.69) is 10.6 Å². The van der Waals surface area contributed by atoms with E-state index in [1.165, 1.54) is 0 Å². The molecule has 5 aliphatic rings. The van der Waals surface area contributed by atoms with Crippen LogP contribution in [0.3, 0.4) is 0 Å². The number of rotatable bonds is 8. The number of hydrogen-bond acceptors (Lipinski definition) is 5. The molecule has 6 atom stereocenters. The molecular formula is C25H32F5N5O4. The molecule has 2 aliphatic carbocycles. The van der Waals surface area contributed by atoms with Crippen molar-refractivity contribution >= 4 is 23.6 Å². The van der Waals surface area contributed by atoms with E-state index < -0.39 is 72.2 Å². The average Bonchev–Trinajstić information content (AvgIpc) is 2.84. The van der Waals surface area contributed by atoms with Crippen LogP contribution in [0.15, 0.2) is 0 Å². The monoisotopic (exact) mass is 561 g/mol. The Morgan fingerprint density at radius 3 is 2.36 bits per heavy atom. The average molecular weight is 562 g/mol. The Morgan fingerprint density at radius 2 is 1.79 bits per heavy atom. The SMILES string of the molecule is N#C[C@H](C[C@H]1CCCNC1=O)NC(=O)[C@H]1[C@H]2CC[C@H](CC2(F)F)N1C(=O)[C@H](CC1CCC1)NC(=O)C(F)(F)F. The van der Waals surface area contributed by atoms with Crippen molar-refractivity contribution in [1.29, 1.82) is 5.26 Å². The third-order valence-corrected chi connectivity index (χ3v) is 8.51. The molecule has 216 valence electrons. The molecule has 2 bridgehead atoms. The highest BCUT2D eigenvalue weighted by atomic mass is 19.4. The van der Waals surface area contributed by atoms with Gasteiger partial charge in [-0.15, -0.1) is 0 Å². The zero-order chi connectivity index (χ0) is 28.5. The Labute approximate surface area is 222 Å². The number of nitriles is 1. The third kappa shape index (κ3) is 6.27. The van der Waals surface area contributed by atoms with Crippen LogP contribution in [0.25, 0.3) is 0 Å². The van der Waals surface area contributed by atoms with Crippen LogP contribution in [0.2, 0.25) is 0 Å². The van der Waals surface area contributed by atoms with Gasteiger partial charge >= 0.3 is 12.1 Å². The van der Waals surface area contributed by atoms with Gasteiger partial charge in [-0.1, -0.05) is 19.3 Å². The molecule has 0 unspecified atom stereocenters. The van der Waals surface area contributed by atoms with Crippen molar-refractivity contribution in [1.82, 2.24) is 20.9 Å². The van der Waals surface area contributed by atoms with E-state index >= 15 is 0 Å². The van der Waals surface area contributed by atoms with Crippen molar-refractivity contribution in [2.45, 2.75) is 100 Å². The number of nitrogens with one attached hydrogen (secondary N) is 3. The van der Waals surface area contributed by atoms with Crippen molar-refractivity contribution in [3.63, 3.8) is 0 Å². The minimum Gasteiger partial charge on any atom is -0.356 e. The summed E-state index contributed by atoms with van der Waals surface area (Å²) in [5.74, 6) is -10.2. The van der Waals surface area contributed by atoms with E-state index in [4.69, 9.17) is 0 Å². The second-order valence-electron chi connectivity index (χ2n) is 11.1. The fraction of sp³-hybridized carbons (Fsp3) is 0.800. The number of carbonyl (C=O) groups is 4. The van der Waals surface area contributed by atoms with Crippen LogP contribution in [0.4, 0.5) is 22.0 Å². The van der Waals surface area contributed by atoms with Crippen LogP contribution >= 0.6 is 0 Å². The second-order valence-corrected chi connectivity index (χ2v) is 11.1. The van der Waals surface area contributed by atoms with Crippen LogP contribution in [-0.4, -0.2) is 71.3 Å². The Kier molecular flexibility index (Phi) is 8.37. The number of alkyl halides is 5. The van der Waals surface area contributed by atoms with Crippen molar-refractivity contribution in [3.05, 3.63) is 0 Å². The van der Waals surface area contributed by atoms with Gasteiger partial charge < -0.3 is 20.9 Å². The van der Waals surface area contributed by atoms with Gasteiger partial charge in [-0.25, -0.2) is 8.78 Å². The summed E-state index contributed by atoms with van der Waals surface area (Å²) in [6, 6.07) is -3.82. The zero-order valence-corrected chi connectivity index (χ0v) is 21.2. The second kappa shape index (κ2) is 11.3. The number of piperidine rings is 3. The summed E-state index contributed by atoms with van der Waals surface area (Å²) in [5.41, 5.74) is 0. The van der Waals surface area contributed by atoms with Crippen LogP contribution in [0, 0.1) is 29.1 Å². The van der Waals surface area contributed by atoms with Gasteiger partial charge in [0.05, 0.1) is 12.0 Å². The summed E-state index contributed by atoms with van der Waals surface area (Å²) < 4.78 is 69.1. The number of amides is 4. The molecule has 9 nitrogen and oxygen atoms in total. The lowest BCUT2D eigenvalue weighted by Crippen LogP contribution is -2.71. The molecule has 0 radical (unpaired) electrons. The van der Waals surface area contributed by atoms with E-state index in [0.717, 1.165) is 11.3 Å². The first kappa shape index (κ1) is 29.0. The molecule has 3 heterocycles. The molecule has 3 aliphatic heterocycles. The van der Waals surface area contributed by atoms with Gasteiger partial charge in [0.25, 0.3) is 5.92 Å². The van der Waals surface area contributed by atoms with Gasteiger partial charge in [-0.05, 0) is 44.4 Å². The lowest BCUT2D eigenvalue weighted by Gasteiger charge is -2.54. The van der Waals surface area contributed by atoms with Crippen LogP contribution in [-0.2, 0) is 19.2 Å². The molecule has 0 spiro atoms. The molecule has 0 aromatic rings. The number of carbonyl (C=O) groups excluding carboxylic acids is 4. The van der Waals surface area contributed by atoms with Gasteiger partial charge in [-0.3, -0.25) is 19.2 Å². The zero-order valence-electron chi connectivity index (χ0n) is 21.2. The van der Waals surface area contributed by atoms with Gasteiger partial charge in [0.2, 0.25) is 17.7 Å². The fourth-order valence-electron chi connectivity index (χ4n) is 6.27. The molecule has 5 rings (SSSR count). The van der Waals surface area contributed by atoms with Gasteiger partial charge in [0.15, 0.2) is 0 Å². The fourth-order valence-corrected chi connectivity index (χ4v) is 6.27. The molecule has 5 fully saturated rings. The number of nitrogens with zero attached hydrogens (tertiary/aromatic N) is 2. The maximum Gasteiger partial charge on any atom is 0.471 e. The Balaban J connectivity index is 1.57. The molecule has 4 amide bonds. The predicted molar refractivity (Wildman–Crippen MR) is 125 cm³/mol. The standard InChI is InChI=1S/C25H32F5N5O4/c26-24(27)11-16-6-7-17(24)19(21(37)33-15(12-31)10-14-5-2-8-32-20(14)36)35(16)22(38)18(9-13-3-1-4-13)34-23(39)25(28,29)30/h13-19H,1-11H2,(H,32,36)(H,33,37)(H,34,39)/t14-,15+,16-,17-,18+,19-/m1/s1. The van der Waals surface area contributed by atoms with Gasteiger partial charge in [0, 0.05) is 24.9 Å². The Morgan fingerprint density at radius 1 is 1.08 bits per heavy atom. The van der Waals surface area contributed by atoms with E-state index in [1.807, 2.05) is 6.07 Å². The third-order valence-electron chi connectivity index (χ3n) is 8.51. The van der Waals surface area contributed by atoms with E-state index in [9.17, 15) is 46.4 Å². The summed E-state index contributed by atoms with van der Waals surface area (Å²) in [6.07, 6.45) is -2.84. The van der Waals surface area contributed by atoms with E-state index in [-0.39, 0.29) is 37.5 Å². The molecule has 3 N–H and O–H groups in total. The first-order valence-corrected chi connectivity index (χ1v) is 13.4. The van der Waals surface area contributed by atoms with Crippen LogP contribution in [0.1, 0.15) is 64.2 Å². The molecule has 0 aromatic heterocycles. The smallest absolute Gasteiger partial charge is 0.356 e. The summed E-state index contributed by atoms with van der Waals surface area (Å²) in [7, 11) is 0. The lowest BCUT2D eigenvalue weighted by atomic mass is 9.71. The molecule has 39 heavy (non-hydrogen) atoms. The topological polar surface area (TPSA) is 131 Å². The molecule has 14 heteroatoms. The quantitative estimate of drug-likeness (QED) is 0.391. The highest BCUT2D eigenvalue weighted by Crippen LogP contribution is 2.49. The van der Waals surface area contributed by atoms with Crippen molar-refractivity contribution < 1.29 is 41.1 Å². The number of halogens is 5. The minimum atomic E-state index is -5.26. The summed E-state index contributed by atoms with van der Waals surface area (Å²) in [4.78, 5) is 51.9. The summed E-state index contributed by atoms with van der Waals surface area (Å²) in [5, 5.41) is 16.4. The van der Waals surface area contributed by atoms with E-state index in [0.29, 0.717) is 32.2 Å². The van der Waals surface area contributed by atoms with Crippen molar-refractivity contribution in [2.75, 3.05) is 6.54 Å². The number of hydrogen-bond donors (Lipinski definition) is 3. The number of fused-ring (bicyclic) bond motifs is 3. The maximum absolute atomic E-state index is 15.0. The summed E-state index contributed by atoms with van der Waals surface area (Å²) >= 11 is 0. The molecular weight excluding hydrogens is 529 g/mol. The van der Waals surface area contributed by atoms with Crippen LogP contribution < -0.4 is 16.0 Å². The van der Waals surface area contributed by atoms with Gasteiger partial charge in [0.1, 0.15) is 18.1 Å². The highest BCUT2D eigenvalue weighted by molar-refractivity contribution is 5.94. The molecule has 3 saturated heterocycles. The van der Waals surface area contributed by atoms with Crippen LogP contribution in [0.5, 0.6) is 0 Å². The maximum atomic E-state index is 15.0.